The Labute approximate surface area is 189 Å². The van der Waals surface area contributed by atoms with Crippen LogP contribution in [0, 0.1) is 6.92 Å². The second-order valence-corrected chi connectivity index (χ2v) is 7.80. The molecule has 166 valence electrons. The molecule has 3 aromatic rings. The van der Waals surface area contributed by atoms with Crippen LogP contribution >= 0.6 is 0 Å². The van der Waals surface area contributed by atoms with Crippen molar-refractivity contribution in [2.24, 2.45) is 0 Å². The van der Waals surface area contributed by atoms with Crippen LogP contribution in [-0.4, -0.2) is 44.2 Å². The number of rotatable bonds is 6. The van der Waals surface area contributed by atoms with Crippen molar-refractivity contribution in [3.63, 3.8) is 0 Å². The van der Waals surface area contributed by atoms with Gasteiger partial charge in [-0.15, -0.1) is 0 Å². The number of aryl methyl sites for hydroxylation is 1. The Kier molecular flexibility index (Phi) is 6.59. The quantitative estimate of drug-likeness (QED) is 0.566. The third-order valence-electron chi connectivity index (χ3n) is 5.67. The molecule has 0 spiro atoms. The van der Waals surface area contributed by atoms with Gasteiger partial charge in [0.15, 0.2) is 0 Å². The highest BCUT2D eigenvalue weighted by Gasteiger charge is 2.24. The van der Waals surface area contributed by atoms with E-state index in [4.69, 9.17) is 14.5 Å². The van der Waals surface area contributed by atoms with Gasteiger partial charge in [0.05, 0.1) is 25.1 Å². The molecule has 2 heterocycles. The second kappa shape index (κ2) is 9.73. The molecule has 1 fully saturated rings. The predicted molar refractivity (Wildman–Crippen MR) is 128 cm³/mol. The van der Waals surface area contributed by atoms with E-state index in [1.165, 1.54) is 5.56 Å². The highest BCUT2D eigenvalue weighted by atomic mass is 16.5. The molecule has 0 radical (unpaired) electrons. The molecule has 1 aliphatic rings. The number of pyridine rings is 1. The van der Waals surface area contributed by atoms with Crippen molar-refractivity contribution in [2.45, 2.75) is 20.3 Å². The first kappa shape index (κ1) is 21.7. The molecule has 0 bridgehead atoms. The monoisotopic (exact) mass is 431 g/mol. The highest BCUT2D eigenvalue weighted by molar-refractivity contribution is 5.94. The number of anilines is 2. The summed E-state index contributed by atoms with van der Waals surface area (Å²) in [4.78, 5) is 21.7. The zero-order valence-corrected chi connectivity index (χ0v) is 18.9. The largest absolute Gasteiger partial charge is 0.494 e. The van der Waals surface area contributed by atoms with E-state index in [2.05, 4.69) is 11.8 Å². The van der Waals surface area contributed by atoms with Crippen LogP contribution in [0.1, 0.15) is 18.9 Å². The molecule has 32 heavy (non-hydrogen) atoms. The number of carbonyl (C=O) groups excluding carboxylic acids is 1. The number of aromatic nitrogens is 1. The Bertz CT molecular complexity index is 1060. The van der Waals surface area contributed by atoms with Crippen molar-refractivity contribution in [2.75, 3.05) is 43.2 Å². The molecular formula is C26H29N3O3. The molecule has 1 saturated heterocycles. The molecule has 2 aromatic carbocycles. The van der Waals surface area contributed by atoms with Gasteiger partial charge in [0, 0.05) is 43.4 Å². The summed E-state index contributed by atoms with van der Waals surface area (Å²) in [5.41, 5.74) is 4.94. The smallest absolute Gasteiger partial charge is 0.228 e. The van der Waals surface area contributed by atoms with Crippen LogP contribution in [0.3, 0.4) is 0 Å². The van der Waals surface area contributed by atoms with E-state index >= 15 is 0 Å². The number of benzene rings is 2. The summed E-state index contributed by atoms with van der Waals surface area (Å²) >= 11 is 0. The third-order valence-corrected chi connectivity index (χ3v) is 5.67. The fourth-order valence-corrected chi connectivity index (χ4v) is 3.95. The summed E-state index contributed by atoms with van der Waals surface area (Å²) in [6.45, 7) is 6.62. The van der Waals surface area contributed by atoms with Gasteiger partial charge >= 0.3 is 0 Å². The van der Waals surface area contributed by atoms with Crippen LogP contribution in [0.15, 0.2) is 60.7 Å². The summed E-state index contributed by atoms with van der Waals surface area (Å²) in [5.74, 6) is 1.53. The van der Waals surface area contributed by atoms with Crippen molar-refractivity contribution in [1.29, 1.82) is 0 Å². The number of amides is 1. The molecular weight excluding hydrogens is 402 g/mol. The highest BCUT2D eigenvalue weighted by Crippen LogP contribution is 2.33. The Morgan fingerprint density at radius 2 is 1.69 bits per heavy atom. The molecule has 6 nitrogen and oxygen atoms in total. The molecule has 4 rings (SSSR count). The minimum absolute atomic E-state index is 0.139. The fraction of sp³-hybridized carbons (Fsp3) is 0.308. The van der Waals surface area contributed by atoms with Crippen molar-refractivity contribution >= 4 is 17.3 Å². The van der Waals surface area contributed by atoms with E-state index in [-0.39, 0.29) is 5.91 Å². The van der Waals surface area contributed by atoms with Crippen LogP contribution < -0.4 is 19.3 Å². The van der Waals surface area contributed by atoms with Gasteiger partial charge in [-0.3, -0.25) is 4.79 Å². The van der Waals surface area contributed by atoms with E-state index in [0.29, 0.717) is 32.0 Å². The van der Waals surface area contributed by atoms with Gasteiger partial charge in [0.2, 0.25) is 11.8 Å². The average Bonchev–Trinajstić information content (AvgIpc) is 3.01. The van der Waals surface area contributed by atoms with E-state index < -0.39 is 0 Å². The van der Waals surface area contributed by atoms with Gasteiger partial charge < -0.3 is 19.3 Å². The molecule has 0 N–H and O–H groups in total. The first-order chi connectivity index (χ1) is 15.6. The number of hydrogen-bond acceptors (Lipinski definition) is 5. The second-order valence-electron chi connectivity index (χ2n) is 7.80. The lowest BCUT2D eigenvalue weighted by Gasteiger charge is -2.26. The van der Waals surface area contributed by atoms with Crippen LogP contribution in [0.5, 0.6) is 11.6 Å². The molecule has 0 unspecified atom stereocenters. The Morgan fingerprint density at radius 1 is 0.938 bits per heavy atom. The van der Waals surface area contributed by atoms with Crippen LogP contribution in [0.25, 0.3) is 11.3 Å². The lowest BCUT2D eigenvalue weighted by atomic mass is 10.1. The topological polar surface area (TPSA) is 54.9 Å². The third kappa shape index (κ3) is 4.69. The van der Waals surface area contributed by atoms with Crippen LogP contribution in [0.2, 0.25) is 0 Å². The average molecular weight is 432 g/mol. The maximum Gasteiger partial charge on any atom is 0.228 e. The maximum atomic E-state index is 12.9. The summed E-state index contributed by atoms with van der Waals surface area (Å²) < 4.78 is 11.0. The molecule has 1 aliphatic heterocycles. The number of nitrogens with zero attached hydrogens (tertiary/aromatic N) is 3. The fourth-order valence-electron chi connectivity index (χ4n) is 3.95. The first-order valence-electron chi connectivity index (χ1n) is 11.0. The maximum absolute atomic E-state index is 12.9. The Morgan fingerprint density at radius 3 is 2.38 bits per heavy atom. The van der Waals surface area contributed by atoms with E-state index in [9.17, 15) is 4.79 Å². The van der Waals surface area contributed by atoms with Gasteiger partial charge in [0.25, 0.3) is 0 Å². The van der Waals surface area contributed by atoms with E-state index in [1.54, 1.807) is 7.11 Å². The van der Waals surface area contributed by atoms with E-state index in [0.717, 1.165) is 34.9 Å². The summed E-state index contributed by atoms with van der Waals surface area (Å²) in [7, 11) is 1.62. The number of carbonyl (C=O) groups is 1. The molecule has 1 amide bonds. The summed E-state index contributed by atoms with van der Waals surface area (Å²) in [5, 5.41) is 0. The number of hydrogen-bond donors (Lipinski definition) is 0. The van der Waals surface area contributed by atoms with Gasteiger partial charge in [-0.25, -0.2) is 4.98 Å². The predicted octanol–water partition coefficient (Wildman–Crippen LogP) is 4.71. The van der Waals surface area contributed by atoms with Gasteiger partial charge in [0.1, 0.15) is 5.75 Å². The van der Waals surface area contributed by atoms with Crippen molar-refractivity contribution in [3.8, 4) is 22.9 Å². The molecule has 0 aliphatic carbocycles. The van der Waals surface area contributed by atoms with Gasteiger partial charge in [-0.2, -0.15) is 0 Å². The SMILES string of the molecule is CCOc1ccc(-c2nc(OC)ccc2N2CCC(=O)N(c3ccc(C)cc3)CC2)cc1. The van der Waals surface area contributed by atoms with E-state index in [1.807, 2.05) is 72.5 Å². The van der Waals surface area contributed by atoms with Crippen LogP contribution in [0.4, 0.5) is 11.4 Å². The normalized spacial score (nSPS) is 14.3. The van der Waals surface area contributed by atoms with Crippen molar-refractivity contribution < 1.29 is 14.3 Å². The molecule has 0 atom stereocenters. The zero-order chi connectivity index (χ0) is 22.5. The molecule has 1 aromatic heterocycles. The Hall–Kier alpha value is -3.54. The molecule has 0 saturated carbocycles. The zero-order valence-electron chi connectivity index (χ0n) is 18.9. The Balaban J connectivity index is 1.63. The standard InChI is InChI=1S/C26H29N3O3/c1-4-32-22-11-7-20(8-12-22)26-23(13-14-24(27-26)31-3)28-16-15-25(30)29(18-17-28)21-9-5-19(2)6-10-21/h5-14H,4,15-18H2,1-3H3. The lowest BCUT2D eigenvalue weighted by molar-refractivity contribution is -0.118. The minimum atomic E-state index is 0.139. The summed E-state index contributed by atoms with van der Waals surface area (Å²) in [6, 6.07) is 20.0. The lowest BCUT2D eigenvalue weighted by Crippen LogP contribution is -2.33. The minimum Gasteiger partial charge on any atom is -0.494 e. The first-order valence-corrected chi connectivity index (χ1v) is 11.0. The number of methoxy groups -OCH3 is 1. The van der Waals surface area contributed by atoms with Crippen LogP contribution in [-0.2, 0) is 4.79 Å². The number of ether oxygens (including phenoxy) is 2. The summed E-state index contributed by atoms with van der Waals surface area (Å²) in [6.07, 6.45) is 0.447. The van der Waals surface area contributed by atoms with Gasteiger partial charge in [-0.05, 0) is 56.3 Å². The van der Waals surface area contributed by atoms with Gasteiger partial charge in [-0.1, -0.05) is 17.7 Å². The van der Waals surface area contributed by atoms with Crippen molar-refractivity contribution in [3.05, 3.63) is 66.2 Å². The van der Waals surface area contributed by atoms with Crippen molar-refractivity contribution in [1.82, 2.24) is 4.98 Å². The molecule has 6 heteroatoms.